The Morgan fingerprint density at radius 3 is 2.17 bits per heavy atom. The van der Waals surface area contributed by atoms with Crippen LogP contribution >= 0.6 is 0 Å². The number of primary amides is 1. The Kier molecular flexibility index (Phi) is 5.61. The minimum absolute atomic E-state index is 0.218. The number of carboxylic acid groups (broad SMARTS) is 1. The molecule has 0 rings (SSSR count). The van der Waals surface area contributed by atoms with Crippen LogP contribution in [0.25, 0.3) is 0 Å². The van der Waals surface area contributed by atoms with E-state index in [2.05, 4.69) is 10.6 Å². The first kappa shape index (κ1) is 16.2. The van der Waals surface area contributed by atoms with Crippen LogP contribution in [-0.2, 0) is 9.59 Å². The highest BCUT2D eigenvalue weighted by molar-refractivity contribution is 5.90. The number of nitrogens with two attached hydrogens (primary N) is 1. The fourth-order valence-corrected chi connectivity index (χ4v) is 1.21. The maximum atomic E-state index is 11.6. The molecule has 0 unspecified atom stereocenters. The number of hydrogen-bond acceptors (Lipinski definition) is 3. The number of amides is 3. The molecular formula is C11H21N3O4. The van der Waals surface area contributed by atoms with Crippen molar-refractivity contribution in [3.8, 4) is 0 Å². The zero-order chi connectivity index (χ0) is 14.5. The van der Waals surface area contributed by atoms with Crippen molar-refractivity contribution in [1.82, 2.24) is 10.6 Å². The van der Waals surface area contributed by atoms with Gasteiger partial charge in [-0.2, -0.15) is 0 Å². The van der Waals surface area contributed by atoms with Gasteiger partial charge in [-0.05, 0) is 19.8 Å². The van der Waals surface area contributed by atoms with Gasteiger partial charge in [0.1, 0.15) is 11.6 Å². The first-order valence-corrected chi connectivity index (χ1v) is 5.73. The van der Waals surface area contributed by atoms with Crippen LogP contribution in [0.1, 0.15) is 34.1 Å². The van der Waals surface area contributed by atoms with Crippen molar-refractivity contribution in [1.29, 1.82) is 0 Å². The maximum absolute atomic E-state index is 11.6. The third-order valence-electron chi connectivity index (χ3n) is 2.81. The number of rotatable bonds is 6. The first-order chi connectivity index (χ1) is 8.11. The molecule has 0 aliphatic carbocycles. The summed E-state index contributed by atoms with van der Waals surface area (Å²) < 4.78 is 0. The van der Waals surface area contributed by atoms with Crippen molar-refractivity contribution < 1.29 is 19.5 Å². The lowest BCUT2D eigenvalue weighted by Gasteiger charge is -2.25. The third-order valence-corrected chi connectivity index (χ3v) is 2.81. The van der Waals surface area contributed by atoms with Crippen molar-refractivity contribution in [2.45, 2.75) is 45.7 Å². The maximum Gasteiger partial charge on any atom is 0.326 e. The molecule has 0 aliphatic heterocycles. The molecule has 0 saturated heterocycles. The molecule has 0 aromatic heterocycles. The van der Waals surface area contributed by atoms with Crippen LogP contribution in [0.15, 0.2) is 0 Å². The summed E-state index contributed by atoms with van der Waals surface area (Å²) >= 11 is 0. The van der Waals surface area contributed by atoms with Crippen LogP contribution in [0.5, 0.6) is 0 Å². The van der Waals surface area contributed by atoms with Gasteiger partial charge >= 0.3 is 12.0 Å². The second-order valence-corrected chi connectivity index (χ2v) is 4.79. The van der Waals surface area contributed by atoms with Gasteiger partial charge in [0.05, 0.1) is 0 Å². The molecule has 0 aromatic carbocycles. The van der Waals surface area contributed by atoms with Crippen LogP contribution in [-0.4, -0.2) is 34.6 Å². The number of carboxylic acids is 1. The Bertz CT molecular complexity index is 341. The van der Waals surface area contributed by atoms with Gasteiger partial charge in [0.25, 0.3) is 0 Å². The van der Waals surface area contributed by atoms with Crippen LogP contribution in [0.2, 0.25) is 0 Å². The summed E-state index contributed by atoms with van der Waals surface area (Å²) in [6.07, 6.45) is 0.608. The van der Waals surface area contributed by atoms with Crippen molar-refractivity contribution in [2.75, 3.05) is 0 Å². The number of carbonyl (C=O) groups is 3. The lowest BCUT2D eigenvalue weighted by Crippen LogP contribution is -2.58. The first-order valence-electron chi connectivity index (χ1n) is 5.73. The quantitative estimate of drug-likeness (QED) is 0.538. The van der Waals surface area contributed by atoms with E-state index in [4.69, 9.17) is 10.8 Å². The Balaban J connectivity index is 4.63. The van der Waals surface area contributed by atoms with Gasteiger partial charge in [-0.3, -0.25) is 4.79 Å². The fraction of sp³-hybridized carbons (Fsp3) is 0.727. The molecule has 3 amide bonds. The predicted molar refractivity (Wildman–Crippen MR) is 65.8 cm³/mol. The smallest absolute Gasteiger partial charge is 0.326 e. The highest BCUT2D eigenvalue weighted by Gasteiger charge is 2.30. The summed E-state index contributed by atoms with van der Waals surface area (Å²) in [7, 11) is 0. The Morgan fingerprint density at radius 1 is 1.33 bits per heavy atom. The van der Waals surface area contributed by atoms with E-state index in [1.54, 1.807) is 6.92 Å². The topological polar surface area (TPSA) is 122 Å². The summed E-state index contributed by atoms with van der Waals surface area (Å²) in [4.78, 5) is 33.6. The highest BCUT2D eigenvalue weighted by Crippen LogP contribution is 2.08. The predicted octanol–water partition coefficient (Wildman–Crippen LogP) is 0.0488. The largest absolute Gasteiger partial charge is 0.480 e. The molecule has 0 saturated carbocycles. The average molecular weight is 259 g/mol. The van der Waals surface area contributed by atoms with E-state index in [-0.39, 0.29) is 5.92 Å². The minimum Gasteiger partial charge on any atom is -0.480 e. The minimum atomic E-state index is -1.23. The molecule has 2 atom stereocenters. The standard InChI is InChI=1S/C11H21N3O4/c1-5-6(2)7(8(15)16)13-10(18)14-11(3,4)9(12)17/h6-7H,5H2,1-4H3,(H2,12,17)(H,15,16)(H2,13,14,18)/t6-,7-/m0/s1. The van der Waals surface area contributed by atoms with Gasteiger partial charge in [0.2, 0.25) is 5.91 Å². The number of nitrogens with one attached hydrogen (secondary N) is 2. The zero-order valence-electron chi connectivity index (χ0n) is 11.1. The van der Waals surface area contributed by atoms with Gasteiger partial charge in [0, 0.05) is 0 Å². The van der Waals surface area contributed by atoms with E-state index >= 15 is 0 Å². The van der Waals surface area contributed by atoms with Crippen molar-refractivity contribution in [3.63, 3.8) is 0 Å². The lowest BCUT2D eigenvalue weighted by atomic mass is 9.99. The second kappa shape index (κ2) is 6.23. The number of hydrogen-bond donors (Lipinski definition) is 4. The molecule has 0 bridgehead atoms. The van der Waals surface area contributed by atoms with Gasteiger partial charge in [-0.15, -0.1) is 0 Å². The molecule has 0 heterocycles. The molecule has 0 aliphatic rings. The summed E-state index contributed by atoms with van der Waals surface area (Å²) in [5, 5.41) is 13.6. The Labute approximate surface area is 106 Å². The van der Waals surface area contributed by atoms with Crippen molar-refractivity contribution in [3.05, 3.63) is 0 Å². The number of urea groups is 1. The molecule has 5 N–H and O–H groups in total. The number of aliphatic carboxylic acids is 1. The molecule has 7 heteroatoms. The normalized spacial score (nSPS) is 14.4. The van der Waals surface area contributed by atoms with Crippen molar-refractivity contribution in [2.24, 2.45) is 11.7 Å². The lowest BCUT2D eigenvalue weighted by molar-refractivity contribution is -0.140. The average Bonchev–Trinajstić information content (AvgIpc) is 2.23. The van der Waals surface area contributed by atoms with Gasteiger partial charge in [-0.1, -0.05) is 20.3 Å². The van der Waals surface area contributed by atoms with E-state index in [1.165, 1.54) is 13.8 Å². The van der Waals surface area contributed by atoms with Crippen LogP contribution in [0.4, 0.5) is 4.79 Å². The highest BCUT2D eigenvalue weighted by atomic mass is 16.4. The summed E-state index contributed by atoms with van der Waals surface area (Å²) in [6, 6.07) is -1.73. The van der Waals surface area contributed by atoms with E-state index in [0.717, 1.165) is 0 Å². The zero-order valence-corrected chi connectivity index (χ0v) is 11.1. The van der Waals surface area contributed by atoms with Gasteiger partial charge < -0.3 is 21.5 Å². The molecule has 104 valence electrons. The molecule has 0 radical (unpaired) electrons. The van der Waals surface area contributed by atoms with Gasteiger partial charge in [0.15, 0.2) is 0 Å². The van der Waals surface area contributed by atoms with Crippen LogP contribution < -0.4 is 16.4 Å². The summed E-state index contributed by atoms with van der Waals surface area (Å²) in [5.41, 5.74) is 3.86. The molecule has 0 fully saturated rings. The summed E-state index contributed by atoms with van der Waals surface area (Å²) in [5.74, 6) is -2.03. The van der Waals surface area contributed by atoms with Crippen LogP contribution in [0, 0.1) is 5.92 Å². The van der Waals surface area contributed by atoms with Crippen molar-refractivity contribution >= 4 is 17.9 Å². The molecule has 7 nitrogen and oxygen atoms in total. The van der Waals surface area contributed by atoms with E-state index < -0.39 is 29.5 Å². The fourth-order valence-electron chi connectivity index (χ4n) is 1.21. The summed E-state index contributed by atoms with van der Waals surface area (Å²) in [6.45, 7) is 6.42. The molecule has 18 heavy (non-hydrogen) atoms. The molecule has 0 spiro atoms. The Hall–Kier alpha value is -1.79. The van der Waals surface area contributed by atoms with Gasteiger partial charge in [-0.25, -0.2) is 9.59 Å². The molecule has 0 aromatic rings. The van der Waals surface area contributed by atoms with E-state index in [0.29, 0.717) is 6.42 Å². The number of carbonyl (C=O) groups excluding carboxylic acids is 2. The monoisotopic (exact) mass is 259 g/mol. The second-order valence-electron chi connectivity index (χ2n) is 4.79. The third kappa shape index (κ3) is 4.60. The van der Waals surface area contributed by atoms with Crippen LogP contribution in [0.3, 0.4) is 0 Å². The van der Waals surface area contributed by atoms with E-state index in [9.17, 15) is 14.4 Å². The SMILES string of the molecule is CC[C@H](C)[C@H](NC(=O)NC(C)(C)C(N)=O)C(=O)O. The Morgan fingerprint density at radius 2 is 1.83 bits per heavy atom. The molecular weight excluding hydrogens is 238 g/mol. The van der Waals surface area contributed by atoms with E-state index in [1.807, 2.05) is 6.92 Å².